The molecule has 0 spiro atoms. The van der Waals surface area contributed by atoms with Crippen molar-refractivity contribution in [3.63, 3.8) is 0 Å². The summed E-state index contributed by atoms with van der Waals surface area (Å²) in [4.78, 5) is -0.230. The van der Waals surface area contributed by atoms with Gasteiger partial charge in [0, 0.05) is 36.2 Å². The van der Waals surface area contributed by atoms with E-state index in [0.717, 1.165) is 0 Å². The van der Waals surface area contributed by atoms with E-state index in [1.54, 1.807) is 0 Å². The third-order valence-corrected chi connectivity index (χ3v) is 9.45. The minimum Gasteiger partial charge on any atom is -0.207 e. The Morgan fingerprint density at radius 1 is 0.607 bits per heavy atom. The van der Waals surface area contributed by atoms with Crippen LogP contribution in [0.15, 0.2) is 46.2 Å². The van der Waals surface area contributed by atoms with Gasteiger partial charge in [-0.1, -0.05) is 46.4 Å². The van der Waals surface area contributed by atoms with Crippen LogP contribution in [0.4, 0.5) is 0 Å². The first-order chi connectivity index (χ1) is 13.0. The van der Waals surface area contributed by atoms with Crippen LogP contribution in [0, 0.1) is 0 Å². The van der Waals surface area contributed by atoms with E-state index >= 15 is 0 Å². The Hall–Kier alpha value is -0.580. The van der Waals surface area contributed by atoms with Crippen LogP contribution >= 0.6 is 46.4 Å². The average Bonchev–Trinajstić information content (AvgIpc) is 2.65. The molecule has 3 rings (SSSR count). The Morgan fingerprint density at radius 3 is 1.25 bits per heavy atom. The maximum Gasteiger partial charge on any atom is 0.244 e. The van der Waals surface area contributed by atoms with Crippen molar-refractivity contribution < 1.29 is 16.8 Å². The van der Waals surface area contributed by atoms with Gasteiger partial charge in [-0.15, -0.1) is 0 Å². The van der Waals surface area contributed by atoms with Gasteiger partial charge in [0.05, 0.1) is 10.0 Å². The molecular formula is C16H14Cl4N2O4S2. The molecule has 0 bridgehead atoms. The van der Waals surface area contributed by atoms with Crippen molar-refractivity contribution in [1.29, 1.82) is 0 Å². The number of hydrogen-bond acceptors (Lipinski definition) is 4. The number of hydrogen-bond donors (Lipinski definition) is 0. The van der Waals surface area contributed by atoms with Crippen molar-refractivity contribution in [3.8, 4) is 0 Å². The van der Waals surface area contributed by atoms with Gasteiger partial charge < -0.3 is 0 Å². The lowest BCUT2D eigenvalue weighted by Gasteiger charge is -2.33. The third kappa shape index (κ3) is 4.29. The summed E-state index contributed by atoms with van der Waals surface area (Å²) >= 11 is 23.8. The van der Waals surface area contributed by atoms with E-state index < -0.39 is 20.0 Å². The topological polar surface area (TPSA) is 74.8 Å². The highest BCUT2D eigenvalue weighted by atomic mass is 35.5. The second-order valence-corrected chi connectivity index (χ2v) is 11.5. The van der Waals surface area contributed by atoms with Gasteiger partial charge in [0.1, 0.15) is 9.79 Å². The highest BCUT2D eigenvalue weighted by molar-refractivity contribution is 7.89. The molecule has 1 aliphatic rings. The lowest BCUT2D eigenvalue weighted by Crippen LogP contribution is -2.50. The predicted molar refractivity (Wildman–Crippen MR) is 110 cm³/mol. The van der Waals surface area contributed by atoms with Crippen molar-refractivity contribution >= 4 is 66.5 Å². The molecule has 28 heavy (non-hydrogen) atoms. The molecule has 0 amide bonds. The predicted octanol–water partition coefficient (Wildman–Crippen LogP) is 4.00. The highest BCUT2D eigenvalue weighted by Gasteiger charge is 2.35. The Bertz CT molecular complexity index is 1030. The molecule has 0 unspecified atom stereocenters. The SMILES string of the molecule is O=S(=O)(c1cc(Cl)ccc1Cl)N1CCN(S(=O)(=O)c2cc(Cl)ccc2Cl)CC1. The quantitative estimate of drug-likeness (QED) is 0.632. The smallest absolute Gasteiger partial charge is 0.207 e. The summed E-state index contributed by atoms with van der Waals surface area (Å²) in [6, 6.07) is 8.32. The van der Waals surface area contributed by atoms with Gasteiger partial charge in [-0.2, -0.15) is 8.61 Å². The molecule has 12 heteroatoms. The summed E-state index contributed by atoms with van der Waals surface area (Å²) in [7, 11) is -7.83. The fourth-order valence-corrected chi connectivity index (χ4v) is 7.10. The number of sulfonamides is 2. The maximum atomic E-state index is 12.9. The number of halogens is 4. The normalized spacial score (nSPS) is 17.0. The van der Waals surface area contributed by atoms with Gasteiger partial charge in [-0.3, -0.25) is 0 Å². The average molecular weight is 504 g/mol. The van der Waals surface area contributed by atoms with E-state index in [9.17, 15) is 16.8 Å². The Balaban J connectivity index is 1.82. The van der Waals surface area contributed by atoms with Crippen LogP contribution in [0.2, 0.25) is 20.1 Å². The summed E-state index contributed by atoms with van der Waals surface area (Å²) in [5.74, 6) is 0. The molecule has 1 aliphatic heterocycles. The molecule has 1 fully saturated rings. The fourth-order valence-electron chi connectivity index (χ4n) is 2.78. The zero-order chi connectivity index (χ0) is 20.7. The molecule has 0 saturated carbocycles. The first-order valence-corrected chi connectivity index (χ1v) is 12.3. The molecule has 0 aromatic heterocycles. The van der Waals surface area contributed by atoms with Crippen LogP contribution < -0.4 is 0 Å². The van der Waals surface area contributed by atoms with Gasteiger partial charge in [0.2, 0.25) is 20.0 Å². The van der Waals surface area contributed by atoms with Gasteiger partial charge in [-0.25, -0.2) is 16.8 Å². The molecule has 6 nitrogen and oxygen atoms in total. The van der Waals surface area contributed by atoms with Gasteiger partial charge >= 0.3 is 0 Å². The first kappa shape index (κ1) is 22.1. The van der Waals surface area contributed by atoms with E-state index in [2.05, 4.69) is 0 Å². The van der Waals surface area contributed by atoms with Gasteiger partial charge in [0.25, 0.3) is 0 Å². The van der Waals surface area contributed by atoms with Crippen LogP contribution in [0.25, 0.3) is 0 Å². The first-order valence-electron chi connectivity index (χ1n) is 7.94. The van der Waals surface area contributed by atoms with Crippen LogP contribution in [0.3, 0.4) is 0 Å². The third-order valence-electron chi connectivity index (χ3n) is 4.22. The second-order valence-electron chi connectivity index (χ2n) is 5.96. The van der Waals surface area contributed by atoms with E-state index in [1.165, 1.54) is 45.0 Å². The molecule has 2 aromatic rings. The maximum absolute atomic E-state index is 12.9. The highest BCUT2D eigenvalue weighted by Crippen LogP contribution is 2.31. The monoisotopic (exact) mass is 502 g/mol. The number of piperazine rings is 1. The van der Waals surface area contributed by atoms with Crippen molar-refractivity contribution in [2.75, 3.05) is 26.2 Å². The van der Waals surface area contributed by atoms with Crippen LogP contribution in [0.1, 0.15) is 0 Å². The lowest BCUT2D eigenvalue weighted by molar-refractivity contribution is 0.273. The Morgan fingerprint density at radius 2 is 0.929 bits per heavy atom. The van der Waals surface area contributed by atoms with Crippen molar-refractivity contribution in [3.05, 3.63) is 56.5 Å². The molecule has 0 radical (unpaired) electrons. The minimum atomic E-state index is -3.92. The van der Waals surface area contributed by atoms with Crippen LogP contribution in [0.5, 0.6) is 0 Å². The molecule has 1 heterocycles. The lowest BCUT2D eigenvalue weighted by atomic mass is 10.4. The van der Waals surface area contributed by atoms with Crippen LogP contribution in [-0.4, -0.2) is 51.6 Å². The summed E-state index contributed by atoms with van der Waals surface area (Å²) < 4.78 is 53.8. The van der Waals surface area contributed by atoms with Crippen molar-refractivity contribution in [1.82, 2.24) is 8.61 Å². The number of rotatable bonds is 4. The number of benzene rings is 2. The largest absolute Gasteiger partial charge is 0.244 e. The summed E-state index contributed by atoms with van der Waals surface area (Å²) in [6.07, 6.45) is 0. The summed E-state index contributed by atoms with van der Waals surface area (Å²) in [5.41, 5.74) is 0. The fraction of sp³-hybridized carbons (Fsp3) is 0.250. The molecule has 0 aliphatic carbocycles. The zero-order valence-electron chi connectivity index (χ0n) is 14.1. The molecule has 1 saturated heterocycles. The van der Waals surface area contributed by atoms with Crippen molar-refractivity contribution in [2.24, 2.45) is 0 Å². The molecule has 2 aromatic carbocycles. The van der Waals surface area contributed by atoms with Gasteiger partial charge in [-0.05, 0) is 36.4 Å². The molecule has 0 N–H and O–H groups in total. The summed E-state index contributed by atoms with van der Waals surface area (Å²) in [6.45, 7) is -0.156. The summed E-state index contributed by atoms with van der Waals surface area (Å²) in [5, 5.41) is 0.565. The van der Waals surface area contributed by atoms with E-state index in [4.69, 9.17) is 46.4 Å². The Labute approximate surface area is 183 Å². The Kier molecular flexibility index (Phi) is 6.54. The van der Waals surface area contributed by atoms with E-state index in [1.807, 2.05) is 0 Å². The van der Waals surface area contributed by atoms with Gasteiger partial charge in [0.15, 0.2) is 0 Å². The molecule has 152 valence electrons. The number of nitrogens with zero attached hydrogens (tertiary/aromatic N) is 2. The minimum absolute atomic E-state index is 0.0391. The molecular weight excluding hydrogens is 490 g/mol. The second kappa shape index (κ2) is 8.28. The van der Waals surface area contributed by atoms with E-state index in [-0.39, 0.29) is 56.1 Å². The standard InChI is InChI=1S/C16H14Cl4N2O4S2/c17-11-1-3-13(19)15(9-11)27(23,24)21-5-7-22(8-6-21)28(25,26)16-10-12(18)2-4-14(16)20/h1-4,9-10H,5-8H2. The van der Waals surface area contributed by atoms with Crippen molar-refractivity contribution in [2.45, 2.75) is 9.79 Å². The molecule has 0 atom stereocenters. The van der Waals surface area contributed by atoms with E-state index in [0.29, 0.717) is 0 Å². The van der Waals surface area contributed by atoms with Crippen LogP contribution in [-0.2, 0) is 20.0 Å². The zero-order valence-corrected chi connectivity index (χ0v) is 18.8.